The van der Waals surface area contributed by atoms with Crippen LogP contribution in [-0.4, -0.2) is 25.0 Å². The summed E-state index contributed by atoms with van der Waals surface area (Å²) in [6, 6.07) is 9.14. The Balaban J connectivity index is 0.00000161. The molecule has 21 heavy (non-hydrogen) atoms. The largest absolute Gasteiger partial charge is 0.355 e. The lowest BCUT2D eigenvalue weighted by Crippen LogP contribution is -2.38. The van der Waals surface area contributed by atoms with Crippen molar-refractivity contribution in [3.63, 3.8) is 0 Å². The molecule has 1 heterocycles. The van der Waals surface area contributed by atoms with Gasteiger partial charge in [-0.15, -0.1) is 12.4 Å². The van der Waals surface area contributed by atoms with Crippen LogP contribution in [0.25, 0.3) is 0 Å². The van der Waals surface area contributed by atoms with Gasteiger partial charge in [0.05, 0.1) is 0 Å². The van der Waals surface area contributed by atoms with Crippen molar-refractivity contribution in [2.24, 2.45) is 5.92 Å². The molecule has 0 saturated carbocycles. The quantitative estimate of drug-likeness (QED) is 0.897. The Hall–Kier alpha value is -1.06. The van der Waals surface area contributed by atoms with Crippen LogP contribution in [0.2, 0.25) is 0 Å². The first-order valence-corrected chi connectivity index (χ1v) is 7.88. The lowest BCUT2D eigenvalue weighted by molar-refractivity contribution is -0.122. The molecule has 1 aromatic rings. The third kappa shape index (κ3) is 4.45. The summed E-state index contributed by atoms with van der Waals surface area (Å²) in [5.41, 5.74) is 2.91. The van der Waals surface area contributed by atoms with Gasteiger partial charge in [0.25, 0.3) is 0 Å². The van der Waals surface area contributed by atoms with Crippen LogP contribution in [0.1, 0.15) is 36.8 Å². The van der Waals surface area contributed by atoms with Gasteiger partial charge >= 0.3 is 0 Å². The average molecular weight is 309 g/mol. The number of hydrogen-bond acceptors (Lipinski definition) is 2. The Labute approximate surface area is 133 Å². The number of benzene rings is 1. The molecule has 2 atom stereocenters. The van der Waals surface area contributed by atoms with Crippen LogP contribution < -0.4 is 10.6 Å². The molecule has 1 saturated heterocycles. The van der Waals surface area contributed by atoms with Gasteiger partial charge < -0.3 is 10.6 Å². The van der Waals surface area contributed by atoms with Gasteiger partial charge in [0.15, 0.2) is 0 Å². The summed E-state index contributed by atoms with van der Waals surface area (Å²) in [6.45, 7) is 1.89. The number of amides is 1. The number of halogens is 1. The van der Waals surface area contributed by atoms with Gasteiger partial charge in [0.1, 0.15) is 0 Å². The molecule has 2 aliphatic rings. The van der Waals surface area contributed by atoms with E-state index in [2.05, 4.69) is 34.9 Å². The summed E-state index contributed by atoms with van der Waals surface area (Å²) in [5.74, 6) is 0.740. The highest BCUT2D eigenvalue weighted by atomic mass is 35.5. The molecule has 0 bridgehead atoms. The molecule has 1 amide bonds. The molecule has 4 heteroatoms. The molecule has 2 unspecified atom stereocenters. The van der Waals surface area contributed by atoms with Crippen molar-refractivity contribution in [3.8, 4) is 0 Å². The zero-order valence-corrected chi connectivity index (χ0v) is 13.3. The summed E-state index contributed by atoms with van der Waals surface area (Å²) < 4.78 is 0. The topological polar surface area (TPSA) is 41.1 Å². The predicted octanol–water partition coefficient (Wildman–Crippen LogP) is 2.47. The number of carbonyl (C=O) groups is 1. The van der Waals surface area contributed by atoms with E-state index in [-0.39, 0.29) is 18.3 Å². The first-order chi connectivity index (χ1) is 9.81. The number of carbonyl (C=O) groups excluding carboxylic acids is 1. The second-order valence-corrected chi connectivity index (χ2v) is 6.18. The SMILES string of the molecule is Cl.O=C(CC1CCc2ccccc2C1)NCC1CCCN1. The molecular weight excluding hydrogens is 284 g/mol. The minimum atomic E-state index is 0. The number of fused-ring (bicyclic) bond motifs is 1. The van der Waals surface area contributed by atoms with E-state index in [1.165, 1.54) is 24.0 Å². The van der Waals surface area contributed by atoms with Gasteiger partial charge in [0, 0.05) is 19.0 Å². The second-order valence-electron chi connectivity index (χ2n) is 6.18. The van der Waals surface area contributed by atoms with Crippen molar-refractivity contribution >= 4 is 18.3 Å². The molecule has 1 aliphatic carbocycles. The van der Waals surface area contributed by atoms with E-state index in [4.69, 9.17) is 0 Å². The van der Waals surface area contributed by atoms with Crippen LogP contribution >= 0.6 is 12.4 Å². The van der Waals surface area contributed by atoms with Crippen LogP contribution in [0.4, 0.5) is 0 Å². The van der Waals surface area contributed by atoms with E-state index in [1.807, 2.05) is 0 Å². The zero-order chi connectivity index (χ0) is 13.8. The van der Waals surface area contributed by atoms with Gasteiger partial charge in [-0.3, -0.25) is 4.79 Å². The standard InChI is InChI=1S/C17H24N2O.ClH/c20-17(19-12-16-6-3-9-18-16)11-13-7-8-14-4-1-2-5-15(14)10-13;/h1-2,4-5,13,16,18H,3,6-12H2,(H,19,20);1H. The maximum absolute atomic E-state index is 12.0. The summed E-state index contributed by atoms with van der Waals surface area (Å²) >= 11 is 0. The highest BCUT2D eigenvalue weighted by Gasteiger charge is 2.21. The summed E-state index contributed by atoms with van der Waals surface area (Å²) in [6.07, 6.45) is 6.44. The monoisotopic (exact) mass is 308 g/mol. The van der Waals surface area contributed by atoms with Gasteiger partial charge in [-0.25, -0.2) is 0 Å². The smallest absolute Gasteiger partial charge is 0.220 e. The van der Waals surface area contributed by atoms with Crippen LogP contribution in [0.15, 0.2) is 24.3 Å². The lowest BCUT2D eigenvalue weighted by Gasteiger charge is -2.24. The van der Waals surface area contributed by atoms with E-state index in [1.54, 1.807) is 0 Å². The fourth-order valence-electron chi connectivity index (χ4n) is 3.45. The highest BCUT2D eigenvalue weighted by Crippen LogP contribution is 2.27. The lowest BCUT2D eigenvalue weighted by atomic mass is 9.82. The van der Waals surface area contributed by atoms with E-state index in [0.29, 0.717) is 18.4 Å². The molecule has 0 radical (unpaired) electrons. The normalized spacial score (nSPS) is 24.0. The van der Waals surface area contributed by atoms with Gasteiger partial charge in [0.2, 0.25) is 5.91 Å². The van der Waals surface area contributed by atoms with Crippen molar-refractivity contribution in [3.05, 3.63) is 35.4 Å². The zero-order valence-electron chi connectivity index (χ0n) is 12.4. The van der Waals surface area contributed by atoms with Crippen molar-refractivity contribution in [2.45, 2.75) is 44.6 Å². The average Bonchev–Trinajstić information content (AvgIpc) is 2.98. The fourth-order valence-corrected chi connectivity index (χ4v) is 3.45. The molecule has 0 aromatic heterocycles. The second kappa shape index (κ2) is 7.81. The molecule has 116 valence electrons. The van der Waals surface area contributed by atoms with Crippen LogP contribution in [0.5, 0.6) is 0 Å². The Morgan fingerprint density at radius 1 is 1.24 bits per heavy atom. The van der Waals surface area contributed by atoms with Crippen molar-refractivity contribution in [1.82, 2.24) is 10.6 Å². The van der Waals surface area contributed by atoms with Crippen molar-refractivity contribution in [1.29, 1.82) is 0 Å². The van der Waals surface area contributed by atoms with Gasteiger partial charge in [-0.05, 0) is 55.7 Å². The van der Waals surface area contributed by atoms with E-state index in [9.17, 15) is 4.79 Å². The molecular formula is C17H25ClN2O. The molecule has 1 fully saturated rings. The third-order valence-electron chi connectivity index (χ3n) is 4.63. The maximum atomic E-state index is 12.0. The van der Waals surface area contributed by atoms with Crippen LogP contribution in [-0.2, 0) is 17.6 Å². The van der Waals surface area contributed by atoms with Crippen molar-refractivity contribution in [2.75, 3.05) is 13.1 Å². The Morgan fingerprint density at radius 3 is 2.81 bits per heavy atom. The van der Waals surface area contributed by atoms with Crippen LogP contribution in [0.3, 0.4) is 0 Å². The highest BCUT2D eigenvalue weighted by molar-refractivity contribution is 5.85. The minimum Gasteiger partial charge on any atom is -0.355 e. The summed E-state index contributed by atoms with van der Waals surface area (Å²) in [5, 5.41) is 6.51. The Morgan fingerprint density at radius 2 is 2.05 bits per heavy atom. The summed E-state index contributed by atoms with van der Waals surface area (Å²) in [4.78, 5) is 12.0. The van der Waals surface area contributed by atoms with E-state index in [0.717, 1.165) is 32.4 Å². The van der Waals surface area contributed by atoms with Gasteiger partial charge in [-0.2, -0.15) is 0 Å². The maximum Gasteiger partial charge on any atom is 0.220 e. The number of aryl methyl sites for hydroxylation is 1. The van der Waals surface area contributed by atoms with Crippen LogP contribution in [0, 0.1) is 5.92 Å². The Kier molecular flexibility index (Phi) is 6.07. The molecule has 3 nitrogen and oxygen atoms in total. The van der Waals surface area contributed by atoms with Gasteiger partial charge in [-0.1, -0.05) is 24.3 Å². The number of hydrogen-bond donors (Lipinski definition) is 2. The molecule has 0 spiro atoms. The fraction of sp³-hybridized carbons (Fsp3) is 0.588. The van der Waals surface area contributed by atoms with E-state index < -0.39 is 0 Å². The minimum absolute atomic E-state index is 0. The first-order valence-electron chi connectivity index (χ1n) is 7.88. The first kappa shape index (κ1) is 16.3. The third-order valence-corrected chi connectivity index (χ3v) is 4.63. The molecule has 1 aromatic carbocycles. The molecule has 2 N–H and O–H groups in total. The predicted molar refractivity (Wildman–Crippen MR) is 87.9 cm³/mol. The number of rotatable bonds is 4. The molecule has 3 rings (SSSR count). The van der Waals surface area contributed by atoms with Crippen molar-refractivity contribution < 1.29 is 4.79 Å². The Bertz CT molecular complexity index is 472. The molecule has 1 aliphatic heterocycles. The number of nitrogens with one attached hydrogen (secondary N) is 2. The van der Waals surface area contributed by atoms with E-state index >= 15 is 0 Å². The summed E-state index contributed by atoms with van der Waals surface area (Å²) in [7, 11) is 0.